The van der Waals surface area contributed by atoms with Crippen molar-refractivity contribution in [1.82, 2.24) is 4.98 Å². The fourth-order valence-electron chi connectivity index (χ4n) is 4.14. The van der Waals surface area contributed by atoms with Gasteiger partial charge in [0, 0.05) is 10.0 Å². The van der Waals surface area contributed by atoms with Crippen LogP contribution in [0.1, 0.15) is 32.5 Å². The van der Waals surface area contributed by atoms with E-state index in [4.69, 9.17) is 14.2 Å². The molecule has 1 fully saturated rings. The molecule has 2 aliphatic rings. The molecule has 11 heteroatoms. The summed E-state index contributed by atoms with van der Waals surface area (Å²) in [4.78, 5) is 44.7. The molecule has 1 unspecified atom stereocenters. The van der Waals surface area contributed by atoms with E-state index in [1.54, 1.807) is 49.4 Å². The van der Waals surface area contributed by atoms with Gasteiger partial charge in [0.25, 0.3) is 5.78 Å². The van der Waals surface area contributed by atoms with E-state index < -0.39 is 23.7 Å². The number of thiazole rings is 1. The number of amides is 1. The second-order valence-electron chi connectivity index (χ2n) is 7.99. The summed E-state index contributed by atoms with van der Waals surface area (Å²) in [6, 6.07) is 10.9. The molecule has 0 bridgehead atoms. The lowest BCUT2D eigenvalue weighted by atomic mass is 9.95. The number of hydrogen-bond acceptors (Lipinski definition) is 9. The highest BCUT2D eigenvalue weighted by atomic mass is 79.9. The third-order valence-corrected chi connectivity index (χ3v) is 7.42. The zero-order valence-corrected chi connectivity index (χ0v) is 21.5. The average molecular weight is 571 g/mol. The molecular weight excluding hydrogens is 552 g/mol. The maximum Gasteiger partial charge on any atom is 0.350 e. The number of aryl methyl sites for hydroxylation is 1. The van der Waals surface area contributed by atoms with Crippen LogP contribution in [0.15, 0.2) is 52.5 Å². The van der Waals surface area contributed by atoms with Crippen LogP contribution in [0, 0.1) is 6.92 Å². The predicted octanol–water partition coefficient (Wildman–Crippen LogP) is 4.40. The van der Waals surface area contributed by atoms with Crippen molar-refractivity contribution >= 4 is 55.8 Å². The van der Waals surface area contributed by atoms with Gasteiger partial charge in [0.1, 0.15) is 23.9 Å². The Morgan fingerprint density at radius 3 is 2.64 bits per heavy atom. The summed E-state index contributed by atoms with van der Waals surface area (Å²) in [5.74, 6) is -1.75. The van der Waals surface area contributed by atoms with Crippen molar-refractivity contribution in [1.29, 1.82) is 0 Å². The van der Waals surface area contributed by atoms with Gasteiger partial charge >= 0.3 is 11.9 Å². The van der Waals surface area contributed by atoms with E-state index in [1.807, 2.05) is 0 Å². The van der Waals surface area contributed by atoms with E-state index in [0.717, 1.165) is 15.8 Å². The first-order chi connectivity index (χ1) is 17.3. The van der Waals surface area contributed by atoms with Crippen LogP contribution in [0.2, 0.25) is 0 Å². The predicted molar refractivity (Wildman–Crippen MR) is 135 cm³/mol. The molecule has 1 aromatic heterocycles. The van der Waals surface area contributed by atoms with Gasteiger partial charge in [0.05, 0.1) is 24.4 Å². The normalized spacial score (nSPS) is 18.4. The van der Waals surface area contributed by atoms with Crippen LogP contribution in [0.5, 0.6) is 11.5 Å². The average Bonchev–Trinajstić information content (AvgIpc) is 3.39. The molecule has 0 spiro atoms. The quantitative estimate of drug-likeness (QED) is 0.212. The van der Waals surface area contributed by atoms with Gasteiger partial charge in [0.15, 0.2) is 16.6 Å². The molecule has 0 saturated carbocycles. The lowest BCUT2D eigenvalue weighted by Crippen LogP contribution is -2.29. The number of fused-ring (bicyclic) bond motifs is 1. The van der Waals surface area contributed by atoms with Gasteiger partial charge in [-0.15, -0.1) is 0 Å². The summed E-state index contributed by atoms with van der Waals surface area (Å²) in [7, 11) is 1.25. The highest BCUT2D eigenvalue weighted by molar-refractivity contribution is 9.10. The molecule has 1 amide bonds. The summed E-state index contributed by atoms with van der Waals surface area (Å²) in [6.45, 7) is 2.38. The van der Waals surface area contributed by atoms with Gasteiger partial charge < -0.3 is 19.3 Å². The molecule has 5 rings (SSSR count). The lowest BCUT2D eigenvalue weighted by Gasteiger charge is -2.23. The highest BCUT2D eigenvalue weighted by Crippen LogP contribution is 2.45. The number of carbonyl (C=O) groups excluding carboxylic acids is 3. The van der Waals surface area contributed by atoms with Gasteiger partial charge in [-0.2, -0.15) is 0 Å². The molecular formula is C25H19BrN2O7S. The molecule has 3 heterocycles. The number of carbonyl (C=O) groups is 3. The lowest BCUT2D eigenvalue weighted by molar-refractivity contribution is -0.132. The molecule has 0 aliphatic carbocycles. The first kappa shape index (κ1) is 24.0. The van der Waals surface area contributed by atoms with E-state index in [2.05, 4.69) is 20.9 Å². The first-order valence-electron chi connectivity index (χ1n) is 10.8. The number of halogens is 1. The number of aliphatic hydroxyl groups excluding tert-OH is 1. The van der Waals surface area contributed by atoms with Gasteiger partial charge in [-0.1, -0.05) is 39.4 Å². The van der Waals surface area contributed by atoms with Crippen LogP contribution in [-0.4, -0.2) is 48.1 Å². The number of methoxy groups -OCH3 is 1. The third kappa shape index (κ3) is 4.03. The molecule has 1 N–H and O–H groups in total. The molecule has 0 radical (unpaired) electrons. The van der Waals surface area contributed by atoms with Gasteiger partial charge in [0.2, 0.25) is 0 Å². The summed E-state index contributed by atoms with van der Waals surface area (Å²) >= 11 is 4.37. The Hall–Kier alpha value is -3.70. The van der Waals surface area contributed by atoms with Crippen LogP contribution in [0.25, 0.3) is 5.76 Å². The van der Waals surface area contributed by atoms with Crippen LogP contribution in [0.3, 0.4) is 0 Å². The summed E-state index contributed by atoms with van der Waals surface area (Å²) in [5, 5.41) is 11.5. The fraction of sp³-hybridized carbons (Fsp3) is 0.200. The van der Waals surface area contributed by atoms with Crippen molar-refractivity contribution in [2.75, 3.05) is 25.2 Å². The highest BCUT2D eigenvalue weighted by Gasteiger charge is 2.48. The molecule has 1 saturated heterocycles. The number of hydrogen-bond donors (Lipinski definition) is 1. The van der Waals surface area contributed by atoms with Crippen molar-refractivity contribution in [2.24, 2.45) is 0 Å². The summed E-state index contributed by atoms with van der Waals surface area (Å²) in [5.41, 5.74) is 1.11. The van der Waals surface area contributed by atoms with E-state index >= 15 is 0 Å². The molecule has 3 aromatic rings. The number of rotatable bonds is 4. The minimum Gasteiger partial charge on any atom is -0.507 e. The van der Waals surface area contributed by atoms with Gasteiger partial charge in [-0.25, -0.2) is 9.78 Å². The van der Waals surface area contributed by atoms with E-state index in [0.29, 0.717) is 41.5 Å². The van der Waals surface area contributed by atoms with E-state index in [1.165, 1.54) is 12.0 Å². The Morgan fingerprint density at radius 2 is 1.92 bits per heavy atom. The van der Waals surface area contributed by atoms with Crippen LogP contribution >= 0.6 is 27.3 Å². The monoisotopic (exact) mass is 570 g/mol. The Morgan fingerprint density at radius 1 is 1.17 bits per heavy atom. The first-order valence-corrected chi connectivity index (χ1v) is 12.4. The van der Waals surface area contributed by atoms with Crippen molar-refractivity contribution in [3.63, 3.8) is 0 Å². The minimum absolute atomic E-state index is 0.109. The zero-order chi connectivity index (χ0) is 25.6. The van der Waals surface area contributed by atoms with Gasteiger partial charge in [-0.3, -0.25) is 14.5 Å². The summed E-state index contributed by atoms with van der Waals surface area (Å²) < 4.78 is 16.7. The van der Waals surface area contributed by atoms with E-state index in [-0.39, 0.29) is 21.3 Å². The SMILES string of the molecule is COC(=O)c1sc(N2C(=O)C(=O)/C(=C(/O)c3ccc4c(c3)OCCO4)C2c2cccc(Br)c2)nc1C. The summed E-state index contributed by atoms with van der Waals surface area (Å²) in [6.07, 6.45) is 0. The maximum absolute atomic E-state index is 13.4. The van der Waals surface area contributed by atoms with E-state index in [9.17, 15) is 19.5 Å². The number of anilines is 1. The van der Waals surface area contributed by atoms with Crippen molar-refractivity contribution in [2.45, 2.75) is 13.0 Å². The fourth-order valence-corrected chi connectivity index (χ4v) is 5.56. The van der Waals surface area contributed by atoms with Crippen LogP contribution < -0.4 is 14.4 Å². The Kier molecular flexibility index (Phi) is 6.27. The van der Waals surface area contributed by atoms with Crippen molar-refractivity contribution in [3.05, 3.63) is 74.2 Å². The van der Waals surface area contributed by atoms with Crippen molar-refractivity contribution < 1.29 is 33.7 Å². The minimum atomic E-state index is -0.994. The second kappa shape index (κ2) is 9.40. The number of esters is 1. The molecule has 184 valence electrons. The third-order valence-electron chi connectivity index (χ3n) is 5.79. The molecule has 1 atom stereocenters. The Balaban J connectivity index is 1.69. The number of nitrogens with zero attached hydrogens (tertiary/aromatic N) is 2. The zero-order valence-electron chi connectivity index (χ0n) is 19.1. The number of benzene rings is 2. The second-order valence-corrected chi connectivity index (χ2v) is 9.88. The molecule has 2 aromatic carbocycles. The molecule has 36 heavy (non-hydrogen) atoms. The number of ketones is 1. The van der Waals surface area contributed by atoms with Crippen LogP contribution in [-0.2, 0) is 14.3 Å². The topological polar surface area (TPSA) is 115 Å². The Labute approximate surface area is 218 Å². The number of ether oxygens (including phenoxy) is 3. The largest absolute Gasteiger partial charge is 0.507 e. The Bertz CT molecular complexity index is 1450. The van der Waals surface area contributed by atoms with Crippen molar-refractivity contribution in [3.8, 4) is 11.5 Å². The molecule has 2 aliphatic heterocycles. The van der Waals surface area contributed by atoms with Gasteiger partial charge in [-0.05, 0) is 42.8 Å². The number of aromatic nitrogens is 1. The number of aliphatic hydroxyl groups is 1. The molecule has 9 nitrogen and oxygen atoms in total. The smallest absolute Gasteiger partial charge is 0.350 e. The maximum atomic E-state index is 13.4. The van der Waals surface area contributed by atoms with Crippen LogP contribution in [0.4, 0.5) is 5.13 Å². The standard InChI is InChI=1S/C25H19BrN2O7S/c1-12-22(24(32)33-2)36-25(27-12)28-19(13-4-3-5-15(26)10-13)18(21(30)23(28)31)20(29)14-6-7-16-17(11-14)35-9-8-34-16/h3-7,10-11,19,29H,8-9H2,1-2H3/b20-18+. The number of Topliss-reactive ketones (excluding diaryl/α,β-unsaturated/α-hetero) is 1.